The molecule has 0 radical (unpaired) electrons. The minimum absolute atomic E-state index is 0.0429. The van der Waals surface area contributed by atoms with Gasteiger partial charge in [0.1, 0.15) is 6.10 Å². The summed E-state index contributed by atoms with van der Waals surface area (Å²) in [5.74, 6) is 0.711. The number of nitrogens with one attached hydrogen (secondary N) is 1. The molecule has 0 bridgehead atoms. The van der Waals surface area contributed by atoms with Crippen LogP contribution in [0.4, 0.5) is 0 Å². The molecule has 0 aliphatic carbocycles. The third-order valence-corrected chi connectivity index (χ3v) is 4.58. The molecule has 0 amide bonds. The van der Waals surface area contributed by atoms with Gasteiger partial charge < -0.3 is 14.8 Å². The lowest BCUT2D eigenvalue weighted by Gasteiger charge is -2.32. The quantitative estimate of drug-likeness (QED) is 0.909. The van der Waals surface area contributed by atoms with Crippen LogP contribution in [0.15, 0.2) is 18.3 Å². The molecule has 1 atom stereocenters. The summed E-state index contributed by atoms with van der Waals surface area (Å²) in [4.78, 5) is 4.45. The molecule has 116 valence electrons. The number of rotatable bonds is 2. The van der Waals surface area contributed by atoms with Crippen LogP contribution in [0, 0.1) is 0 Å². The van der Waals surface area contributed by atoms with Gasteiger partial charge in [-0.05, 0) is 36.9 Å². The predicted molar refractivity (Wildman–Crippen MR) is 82.8 cm³/mol. The van der Waals surface area contributed by atoms with Crippen molar-refractivity contribution in [1.82, 2.24) is 10.3 Å². The van der Waals surface area contributed by atoms with Gasteiger partial charge in [-0.1, -0.05) is 26.8 Å². The Hall–Kier alpha value is -1.13. The molecule has 0 aromatic carbocycles. The largest absolute Gasteiger partial charge is 0.472 e. The van der Waals surface area contributed by atoms with Crippen molar-refractivity contribution < 1.29 is 9.47 Å². The number of aromatic nitrogens is 1. The molecular formula is C17H26N2O2. The van der Waals surface area contributed by atoms with E-state index in [4.69, 9.17) is 9.47 Å². The SMILES string of the molecule is CC(C)(C)c1ccc(OC2COC3(CCNCC3)C2)nc1. The first-order chi connectivity index (χ1) is 9.97. The molecule has 1 aromatic rings. The lowest BCUT2D eigenvalue weighted by molar-refractivity contribution is -0.0205. The molecule has 4 nitrogen and oxygen atoms in total. The van der Waals surface area contributed by atoms with E-state index in [1.165, 1.54) is 5.56 Å². The topological polar surface area (TPSA) is 43.4 Å². The molecule has 4 heteroatoms. The minimum atomic E-state index is 0.0429. The van der Waals surface area contributed by atoms with Gasteiger partial charge in [-0.15, -0.1) is 0 Å². The van der Waals surface area contributed by atoms with Crippen LogP contribution in [0.3, 0.4) is 0 Å². The number of nitrogens with zero attached hydrogens (tertiary/aromatic N) is 1. The van der Waals surface area contributed by atoms with Crippen molar-refractivity contribution in [2.45, 2.75) is 57.2 Å². The average Bonchev–Trinajstić information content (AvgIpc) is 2.82. The molecule has 3 rings (SSSR count). The lowest BCUT2D eigenvalue weighted by Crippen LogP contribution is -2.41. The highest BCUT2D eigenvalue weighted by molar-refractivity contribution is 5.23. The Labute approximate surface area is 127 Å². The van der Waals surface area contributed by atoms with E-state index >= 15 is 0 Å². The van der Waals surface area contributed by atoms with E-state index in [0.29, 0.717) is 12.5 Å². The predicted octanol–water partition coefficient (Wildman–Crippen LogP) is 2.67. The molecule has 2 saturated heterocycles. The number of hydrogen-bond donors (Lipinski definition) is 1. The minimum Gasteiger partial charge on any atom is -0.472 e. The van der Waals surface area contributed by atoms with Gasteiger partial charge in [0.25, 0.3) is 0 Å². The summed E-state index contributed by atoms with van der Waals surface area (Å²) < 4.78 is 12.1. The molecule has 3 heterocycles. The summed E-state index contributed by atoms with van der Waals surface area (Å²) in [6.07, 6.45) is 5.21. The second-order valence-corrected chi connectivity index (χ2v) is 7.32. The van der Waals surface area contributed by atoms with Crippen LogP contribution in [0.25, 0.3) is 0 Å². The van der Waals surface area contributed by atoms with Gasteiger partial charge in [0.05, 0.1) is 12.2 Å². The van der Waals surface area contributed by atoms with Crippen molar-refractivity contribution in [1.29, 1.82) is 0 Å². The first-order valence-electron chi connectivity index (χ1n) is 7.95. The first-order valence-corrected chi connectivity index (χ1v) is 7.95. The Morgan fingerprint density at radius 1 is 1.29 bits per heavy atom. The van der Waals surface area contributed by atoms with Crippen molar-refractivity contribution in [2.75, 3.05) is 19.7 Å². The average molecular weight is 290 g/mol. The first kappa shape index (κ1) is 14.8. The van der Waals surface area contributed by atoms with Gasteiger partial charge in [0.15, 0.2) is 0 Å². The highest BCUT2D eigenvalue weighted by Crippen LogP contribution is 2.35. The maximum Gasteiger partial charge on any atom is 0.213 e. The molecule has 2 aliphatic rings. The molecule has 1 N–H and O–H groups in total. The van der Waals surface area contributed by atoms with Crippen molar-refractivity contribution in [3.63, 3.8) is 0 Å². The Morgan fingerprint density at radius 2 is 2.05 bits per heavy atom. The number of hydrogen-bond acceptors (Lipinski definition) is 4. The van der Waals surface area contributed by atoms with Crippen LogP contribution in [-0.2, 0) is 10.2 Å². The monoisotopic (exact) mass is 290 g/mol. The lowest BCUT2D eigenvalue weighted by atomic mass is 9.88. The summed E-state index contributed by atoms with van der Waals surface area (Å²) >= 11 is 0. The summed E-state index contributed by atoms with van der Waals surface area (Å²) in [6.45, 7) is 9.35. The van der Waals surface area contributed by atoms with E-state index in [1.807, 2.05) is 12.3 Å². The van der Waals surface area contributed by atoms with E-state index in [2.05, 4.69) is 37.1 Å². The maximum absolute atomic E-state index is 6.05. The standard InChI is InChI=1S/C17H26N2O2/c1-16(2,3)13-4-5-15(19-11-13)21-14-10-17(20-12-14)6-8-18-9-7-17/h4-5,11,14,18H,6-10,12H2,1-3H3. The van der Waals surface area contributed by atoms with Crippen molar-refractivity contribution in [3.8, 4) is 5.88 Å². The third-order valence-electron chi connectivity index (χ3n) is 4.58. The van der Waals surface area contributed by atoms with Crippen LogP contribution in [0.2, 0.25) is 0 Å². The Balaban J connectivity index is 1.60. The summed E-state index contributed by atoms with van der Waals surface area (Å²) in [5, 5.41) is 3.39. The van der Waals surface area contributed by atoms with Gasteiger partial charge in [-0.2, -0.15) is 0 Å². The van der Waals surface area contributed by atoms with Gasteiger partial charge in [0, 0.05) is 18.7 Å². The summed E-state index contributed by atoms with van der Waals surface area (Å²) in [5.41, 5.74) is 1.40. The molecule has 1 unspecified atom stereocenters. The Morgan fingerprint density at radius 3 is 2.67 bits per heavy atom. The zero-order valence-electron chi connectivity index (χ0n) is 13.3. The molecule has 1 aromatic heterocycles. The molecular weight excluding hydrogens is 264 g/mol. The van der Waals surface area contributed by atoms with Crippen molar-refractivity contribution in [3.05, 3.63) is 23.9 Å². The van der Waals surface area contributed by atoms with E-state index in [0.717, 1.165) is 32.4 Å². The van der Waals surface area contributed by atoms with Crippen LogP contribution < -0.4 is 10.1 Å². The zero-order chi connectivity index (χ0) is 14.9. The maximum atomic E-state index is 6.05. The van der Waals surface area contributed by atoms with E-state index < -0.39 is 0 Å². The van der Waals surface area contributed by atoms with Crippen LogP contribution in [0.1, 0.15) is 45.6 Å². The fourth-order valence-electron chi connectivity index (χ4n) is 3.17. The number of piperidine rings is 1. The molecule has 2 fully saturated rings. The molecule has 2 aliphatic heterocycles. The van der Waals surface area contributed by atoms with Crippen LogP contribution >= 0.6 is 0 Å². The van der Waals surface area contributed by atoms with Crippen molar-refractivity contribution >= 4 is 0 Å². The smallest absolute Gasteiger partial charge is 0.213 e. The number of pyridine rings is 1. The normalized spacial score (nSPS) is 25.2. The molecule has 1 spiro atoms. The molecule has 21 heavy (non-hydrogen) atoms. The summed E-state index contributed by atoms with van der Waals surface area (Å²) in [6, 6.07) is 4.09. The second-order valence-electron chi connectivity index (χ2n) is 7.32. The highest BCUT2D eigenvalue weighted by Gasteiger charge is 2.42. The zero-order valence-corrected chi connectivity index (χ0v) is 13.3. The van der Waals surface area contributed by atoms with Gasteiger partial charge in [-0.25, -0.2) is 4.98 Å². The van der Waals surface area contributed by atoms with E-state index in [9.17, 15) is 0 Å². The second kappa shape index (κ2) is 5.58. The fourth-order valence-corrected chi connectivity index (χ4v) is 3.17. The van der Waals surface area contributed by atoms with Crippen LogP contribution in [0.5, 0.6) is 5.88 Å². The van der Waals surface area contributed by atoms with E-state index in [-0.39, 0.29) is 17.1 Å². The Kier molecular flexibility index (Phi) is 3.93. The third kappa shape index (κ3) is 3.38. The van der Waals surface area contributed by atoms with Crippen molar-refractivity contribution in [2.24, 2.45) is 0 Å². The number of ether oxygens (including phenoxy) is 2. The summed E-state index contributed by atoms with van der Waals surface area (Å²) in [7, 11) is 0. The van der Waals surface area contributed by atoms with Crippen LogP contribution in [-0.4, -0.2) is 36.4 Å². The highest BCUT2D eigenvalue weighted by atomic mass is 16.6. The van der Waals surface area contributed by atoms with Gasteiger partial charge >= 0.3 is 0 Å². The van der Waals surface area contributed by atoms with E-state index in [1.54, 1.807) is 0 Å². The molecule has 0 saturated carbocycles. The Bertz CT molecular complexity index is 473. The van der Waals surface area contributed by atoms with Gasteiger partial charge in [0.2, 0.25) is 5.88 Å². The fraction of sp³-hybridized carbons (Fsp3) is 0.706. The van der Waals surface area contributed by atoms with Gasteiger partial charge in [-0.3, -0.25) is 0 Å².